The summed E-state index contributed by atoms with van der Waals surface area (Å²) >= 11 is 0. The summed E-state index contributed by atoms with van der Waals surface area (Å²) in [6.45, 7) is 4.37. The monoisotopic (exact) mass is 182 g/mol. The van der Waals surface area contributed by atoms with Gasteiger partial charge in [0.25, 0.3) is 5.91 Å². The van der Waals surface area contributed by atoms with Gasteiger partial charge in [-0.3, -0.25) is 4.79 Å². The van der Waals surface area contributed by atoms with E-state index in [1.807, 2.05) is 6.92 Å². The number of rotatable bonds is 5. The van der Waals surface area contributed by atoms with Crippen molar-refractivity contribution in [1.82, 2.24) is 10.6 Å². The molecule has 0 saturated heterocycles. The summed E-state index contributed by atoms with van der Waals surface area (Å²) in [4.78, 5) is 11.3. The lowest BCUT2D eigenvalue weighted by molar-refractivity contribution is 0.0953. The Labute approximate surface area is 77.3 Å². The second-order valence-electron chi connectivity index (χ2n) is 2.62. The fourth-order valence-electron chi connectivity index (χ4n) is 0.937. The highest BCUT2D eigenvalue weighted by Crippen LogP contribution is 1.98. The highest BCUT2D eigenvalue weighted by Gasteiger charge is 2.04. The predicted octanol–water partition coefficient (Wildman–Crippen LogP) is 0.619. The molecule has 1 aromatic rings. The van der Waals surface area contributed by atoms with E-state index in [2.05, 4.69) is 10.6 Å². The number of amides is 1. The first kappa shape index (κ1) is 9.80. The molecular formula is C9H14N2O2. The van der Waals surface area contributed by atoms with E-state index in [0.29, 0.717) is 12.1 Å². The van der Waals surface area contributed by atoms with Crippen molar-refractivity contribution in [2.75, 3.05) is 19.6 Å². The molecule has 0 fully saturated rings. The van der Waals surface area contributed by atoms with Crippen LogP contribution in [0.2, 0.25) is 0 Å². The van der Waals surface area contributed by atoms with E-state index >= 15 is 0 Å². The van der Waals surface area contributed by atoms with Crippen LogP contribution in [-0.2, 0) is 0 Å². The molecule has 2 N–H and O–H groups in total. The summed E-state index contributed by atoms with van der Waals surface area (Å²) in [6, 6.07) is 1.64. The van der Waals surface area contributed by atoms with Crippen LogP contribution in [0.3, 0.4) is 0 Å². The average Bonchev–Trinajstić information content (AvgIpc) is 2.65. The molecule has 0 saturated carbocycles. The largest absolute Gasteiger partial charge is 0.472 e. The van der Waals surface area contributed by atoms with Gasteiger partial charge in [0.15, 0.2) is 0 Å². The van der Waals surface area contributed by atoms with Crippen molar-refractivity contribution in [1.29, 1.82) is 0 Å². The van der Waals surface area contributed by atoms with Gasteiger partial charge >= 0.3 is 0 Å². The van der Waals surface area contributed by atoms with Crippen molar-refractivity contribution in [3.8, 4) is 0 Å². The summed E-state index contributed by atoms with van der Waals surface area (Å²) in [5, 5.41) is 5.87. The predicted molar refractivity (Wildman–Crippen MR) is 49.6 cm³/mol. The third kappa shape index (κ3) is 3.29. The Kier molecular flexibility index (Phi) is 4.05. The molecular weight excluding hydrogens is 168 g/mol. The van der Waals surface area contributed by atoms with Gasteiger partial charge in [0.2, 0.25) is 0 Å². The zero-order valence-corrected chi connectivity index (χ0v) is 7.67. The van der Waals surface area contributed by atoms with Gasteiger partial charge in [0, 0.05) is 13.1 Å². The smallest absolute Gasteiger partial charge is 0.254 e. The SMILES string of the molecule is CCNCCNC(=O)c1ccoc1. The van der Waals surface area contributed by atoms with Gasteiger partial charge in [-0.15, -0.1) is 0 Å². The fraction of sp³-hybridized carbons (Fsp3) is 0.444. The van der Waals surface area contributed by atoms with Crippen LogP contribution < -0.4 is 10.6 Å². The van der Waals surface area contributed by atoms with Crippen LogP contribution in [0.25, 0.3) is 0 Å². The van der Waals surface area contributed by atoms with E-state index < -0.39 is 0 Å². The molecule has 0 aliphatic rings. The van der Waals surface area contributed by atoms with Crippen molar-refractivity contribution in [3.05, 3.63) is 24.2 Å². The molecule has 4 heteroatoms. The highest BCUT2D eigenvalue weighted by molar-refractivity contribution is 5.93. The number of hydrogen-bond acceptors (Lipinski definition) is 3. The first-order chi connectivity index (χ1) is 6.34. The topological polar surface area (TPSA) is 54.3 Å². The van der Waals surface area contributed by atoms with E-state index in [0.717, 1.165) is 13.1 Å². The number of nitrogens with one attached hydrogen (secondary N) is 2. The maximum atomic E-state index is 11.3. The normalized spacial score (nSPS) is 9.92. The van der Waals surface area contributed by atoms with Crippen LogP contribution in [0.4, 0.5) is 0 Å². The lowest BCUT2D eigenvalue weighted by Gasteiger charge is -2.02. The van der Waals surface area contributed by atoms with Crippen LogP contribution in [0.5, 0.6) is 0 Å². The van der Waals surface area contributed by atoms with Gasteiger partial charge in [-0.1, -0.05) is 6.92 Å². The number of likely N-dealkylation sites (N-methyl/N-ethyl adjacent to an activating group) is 1. The first-order valence-electron chi connectivity index (χ1n) is 4.35. The zero-order chi connectivity index (χ0) is 9.52. The second-order valence-corrected chi connectivity index (χ2v) is 2.62. The van der Waals surface area contributed by atoms with Gasteiger partial charge in [-0.05, 0) is 12.6 Å². The van der Waals surface area contributed by atoms with Gasteiger partial charge in [0.1, 0.15) is 6.26 Å². The van der Waals surface area contributed by atoms with Crippen molar-refractivity contribution < 1.29 is 9.21 Å². The van der Waals surface area contributed by atoms with Gasteiger partial charge in [-0.2, -0.15) is 0 Å². The van der Waals surface area contributed by atoms with Crippen LogP contribution in [0.1, 0.15) is 17.3 Å². The molecule has 0 unspecified atom stereocenters. The first-order valence-corrected chi connectivity index (χ1v) is 4.35. The van der Waals surface area contributed by atoms with Gasteiger partial charge in [-0.25, -0.2) is 0 Å². The van der Waals surface area contributed by atoms with Crippen molar-refractivity contribution in [2.45, 2.75) is 6.92 Å². The van der Waals surface area contributed by atoms with E-state index in [1.165, 1.54) is 12.5 Å². The number of furan rings is 1. The third-order valence-corrected chi connectivity index (χ3v) is 1.62. The molecule has 0 spiro atoms. The summed E-state index contributed by atoms with van der Waals surface area (Å²) in [6.07, 6.45) is 2.92. The molecule has 1 rings (SSSR count). The Morgan fingerprint density at radius 1 is 1.54 bits per heavy atom. The quantitative estimate of drug-likeness (QED) is 0.656. The van der Waals surface area contributed by atoms with Crippen molar-refractivity contribution >= 4 is 5.91 Å². The van der Waals surface area contributed by atoms with Crippen LogP contribution in [0.15, 0.2) is 23.0 Å². The molecule has 0 aromatic carbocycles. The molecule has 0 aliphatic carbocycles. The molecule has 0 radical (unpaired) electrons. The standard InChI is InChI=1S/C9H14N2O2/c1-2-10-4-5-11-9(12)8-3-6-13-7-8/h3,6-7,10H,2,4-5H2,1H3,(H,11,12). The number of carbonyl (C=O) groups excluding carboxylic acids is 1. The minimum absolute atomic E-state index is 0.0911. The Hall–Kier alpha value is -1.29. The summed E-state index contributed by atoms with van der Waals surface area (Å²) in [5.74, 6) is -0.0911. The molecule has 0 aliphatic heterocycles. The molecule has 0 atom stereocenters. The summed E-state index contributed by atoms with van der Waals surface area (Å²) in [7, 11) is 0. The molecule has 1 aromatic heterocycles. The van der Waals surface area contributed by atoms with Crippen molar-refractivity contribution in [2.24, 2.45) is 0 Å². The third-order valence-electron chi connectivity index (χ3n) is 1.62. The average molecular weight is 182 g/mol. The fourth-order valence-corrected chi connectivity index (χ4v) is 0.937. The molecule has 72 valence electrons. The Bertz CT molecular complexity index is 244. The van der Waals surface area contributed by atoms with E-state index in [9.17, 15) is 4.79 Å². The second kappa shape index (κ2) is 5.37. The molecule has 13 heavy (non-hydrogen) atoms. The Balaban J connectivity index is 2.19. The van der Waals surface area contributed by atoms with Gasteiger partial charge in [0.05, 0.1) is 11.8 Å². The number of hydrogen-bond donors (Lipinski definition) is 2. The van der Waals surface area contributed by atoms with E-state index in [1.54, 1.807) is 6.07 Å². The van der Waals surface area contributed by atoms with Crippen LogP contribution in [0, 0.1) is 0 Å². The zero-order valence-electron chi connectivity index (χ0n) is 7.67. The maximum absolute atomic E-state index is 11.3. The maximum Gasteiger partial charge on any atom is 0.254 e. The number of carbonyl (C=O) groups is 1. The molecule has 4 nitrogen and oxygen atoms in total. The minimum atomic E-state index is -0.0911. The lowest BCUT2D eigenvalue weighted by atomic mass is 10.3. The van der Waals surface area contributed by atoms with Crippen LogP contribution in [-0.4, -0.2) is 25.5 Å². The molecule has 1 heterocycles. The van der Waals surface area contributed by atoms with Gasteiger partial charge < -0.3 is 15.1 Å². The van der Waals surface area contributed by atoms with Crippen molar-refractivity contribution in [3.63, 3.8) is 0 Å². The van der Waals surface area contributed by atoms with E-state index in [4.69, 9.17) is 4.42 Å². The molecule has 1 amide bonds. The highest BCUT2D eigenvalue weighted by atomic mass is 16.3. The van der Waals surface area contributed by atoms with E-state index in [-0.39, 0.29) is 5.91 Å². The summed E-state index contributed by atoms with van der Waals surface area (Å²) < 4.78 is 4.79. The molecule has 0 bridgehead atoms. The summed E-state index contributed by atoms with van der Waals surface area (Å²) in [5.41, 5.74) is 0.566. The Morgan fingerprint density at radius 2 is 2.38 bits per heavy atom. The Morgan fingerprint density at radius 3 is 3.00 bits per heavy atom. The van der Waals surface area contributed by atoms with Crippen LogP contribution >= 0.6 is 0 Å². The minimum Gasteiger partial charge on any atom is -0.472 e. The lowest BCUT2D eigenvalue weighted by Crippen LogP contribution is -2.31.